The van der Waals surface area contributed by atoms with E-state index in [9.17, 15) is 4.79 Å². The number of hydrogen-bond acceptors (Lipinski definition) is 3. The summed E-state index contributed by atoms with van der Waals surface area (Å²) < 4.78 is 10.6. The lowest BCUT2D eigenvalue weighted by Crippen LogP contribution is -2.03. The van der Waals surface area contributed by atoms with Crippen LogP contribution in [0.1, 0.15) is 30.4 Å². The van der Waals surface area contributed by atoms with Crippen LogP contribution in [0.5, 0.6) is 11.5 Å². The third kappa shape index (κ3) is 2.35. The molecule has 1 rings (SSSR count). The van der Waals surface area contributed by atoms with Gasteiger partial charge in [0.25, 0.3) is 0 Å². The van der Waals surface area contributed by atoms with Crippen LogP contribution < -0.4 is 9.47 Å². The molecule has 1 unspecified atom stereocenters. The van der Waals surface area contributed by atoms with Gasteiger partial charge < -0.3 is 14.3 Å². The number of benzene rings is 1. The molecule has 0 aliphatic carbocycles. The lowest BCUT2D eigenvalue weighted by atomic mass is 9.92. The van der Waals surface area contributed by atoms with E-state index in [2.05, 4.69) is 0 Å². The van der Waals surface area contributed by atoms with Crippen molar-refractivity contribution in [2.24, 2.45) is 0 Å². The smallest absolute Gasteiger partial charge is 0.122 e. The summed E-state index contributed by atoms with van der Waals surface area (Å²) in [6.07, 6.45) is 1.42. The first-order valence-electron chi connectivity index (χ1n) is 5.30. The van der Waals surface area contributed by atoms with Crippen LogP contribution in [-0.2, 0) is 4.79 Å². The van der Waals surface area contributed by atoms with E-state index in [1.54, 1.807) is 14.2 Å². The van der Waals surface area contributed by atoms with Crippen LogP contribution >= 0.6 is 0 Å². The molecule has 0 saturated heterocycles. The molecule has 1 aromatic carbocycles. The maximum atomic E-state index is 10.6. The van der Waals surface area contributed by atoms with Crippen molar-refractivity contribution in [1.82, 2.24) is 0 Å². The maximum absolute atomic E-state index is 10.6. The molecular formula is C13H18O3. The first kappa shape index (κ1) is 12.6. The fourth-order valence-electron chi connectivity index (χ4n) is 1.96. The molecule has 1 atom stereocenters. The number of rotatable bonds is 5. The Bertz CT molecular complexity index is 372. The maximum Gasteiger partial charge on any atom is 0.122 e. The Balaban J connectivity index is 3.25. The zero-order valence-electron chi connectivity index (χ0n) is 10.2. The minimum absolute atomic E-state index is 0.141. The summed E-state index contributed by atoms with van der Waals surface area (Å²) in [5.41, 5.74) is 2.09. The van der Waals surface area contributed by atoms with Gasteiger partial charge in [0.1, 0.15) is 17.8 Å². The molecule has 16 heavy (non-hydrogen) atoms. The summed E-state index contributed by atoms with van der Waals surface area (Å²) in [7, 11) is 3.28. The van der Waals surface area contributed by atoms with E-state index in [0.29, 0.717) is 6.42 Å². The summed E-state index contributed by atoms with van der Waals surface area (Å²) in [6.45, 7) is 4.00. The Hall–Kier alpha value is -1.51. The van der Waals surface area contributed by atoms with E-state index >= 15 is 0 Å². The zero-order valence-corrected chi connectivity index (χ0v) is 10.2. The number of methoxy groups -OCH3 is 2. The van der Waals surface area contributed by atoms with Crippen LogP contribution in [0.4, 0.5) is 0 Å². The molecule has 0 amide bonds. The van der Waals surface area contributed by atoms with Gasteiger partial charge in [-0.25, -0.2) is 0 Å². The normalized spacial score (nSPS) is 12.0. The van der Waals surface area contributed by atoms with Crippen LogP contribution in [0.25, 0.3) is 0 Å². The van der Waals surface area contributed by atoms with Gasteiger partial charge in [-0.2, -0.15) is 0 Å². The first-order valence-corrected chi connectivity index (χ1v) is 5.30. The third-order valence-electron chi connectivity index (χ3n) is 2.81. The topological polar surface area (TPSA) is 35.5 Å². The molecule has 0 spiro atoms. The number of carbonyl (C=O) groups is 1. The SMILES string of the molecule is COc1ccc(OC)c(C(C)CC=O)c1C. The molecule has 0 fully saturated rings. The minimum atomic E-state index is 0.141. The van der Waals surface area contributed by atoms with E-state index in [-0.39, 0.29) is 5.92 Å². The minimum Gasteiger partial charge on any atom is -0.496 e. The van der Waals surface area contributed by atoms with Crippen molar-refractivity contribution in [2.75, 3.05) is 14.2 Å². The molecule has 0 heterocycles. The van der Waals surface area contributed by atoms with Crippen molar-refractivity contribution < 1.29 is 14.3 Å². The molecule has 0 aromatic heterocycles. The van der Waals surface area contributed by atoms with E-state index < -0.39 is 0 Å². The molecular weight excluding hydrogens is 204 g/mol. The van der Waals surface area contributed by atoms with Crippen molar-refractivity contribution >= 4 is 6.29 Å². The van der Waals surface area contributed by atoms with Crippen LogP contribution in [0.3, 0.4) is 0 Å². The predicted molar refractivity (Wildman–Crippen MR) is 63.4 cm³/mol. The molecule has 0 N–H and O–H groups in total. The Morgan fingerprint density at radius 2 is 1.81 bits per heavy atom. The predicted octanol–water partition coefficient (Wildman–Crippen LogP) is 2.70. The molecule has 0 bridgehead atoms. The highest BCUT2D eigenvalue weighted by atomic mass is 16.5. The Kier molecular flexibility index (Phi) is 4.35. The lowest BCUT2D eigenvalue weighted by Gasteiger charge is -2.18. The van der Waals surface area contributed by atoms with Crippen LogP contribution in [-0.4, -0.2) is 20.5 Å². The highest BCUT2D eigenvalue weighted by molar-refractivity contribution is 5.56. The van der Waals surface area contributed by atoms with Crippen LogP contribution in [0.2, 0.25) is 0 Å². The average molecular weight is 222 g/mol. The molecule has 0 radical (unpaired) electrons. The largest absolute Gasteiger partial charge is 0.496 e. The second-order valence-electron chi connectivity index (χ2n) is 3.81. The van der Waals surface area contributed by atoms with E-state index in [1.807, 2.05) is 26.0 Å². The van der Waals surface area contributed by atoms with Gasteiger partial charge in [-0.15, -0.1) is 0 Å². The van der Waals surface area contributed by atoms with Crippen molar-refractivity contribution in [2.45, 2.75) is 26.2 Å². The standard InChI is InChI=1S/C13H18O3/c1-9(7-8-14)13-10(2)11(15-3)5-6-12(13)16-4/h5-6,8-9H,7H2,1-4H3. The number of carbonyl (C=O) groups excluding carboxylic acids is 1. The summed E-state index contributed by atoms with van der Waals surface area (Å²) in [5, 5.41) is 0. The monoisotopic (exact) mass is 222 g/mol. The first-order chi connectivity index (χ1) is 7.65. The van der Waals surface area contributed by atoms with Crippen LogP contribution in [0, 0.1) is 6.92 Å². The fraction of sp³-hybridized carbons (Fsp3) is 0.462. The zero-order chi connectivity index (χ0) is 12.1. The fourth-order valence-corrected chi connectivity index (χ4v) is 1.96. The molecule has 88 valence electrons. The van der Waals surface area contributed by atoms with Gasteiger partial charge in [-0.1, -0.05) is 6.92 Å². The Labute approximate surface area is 96.4 Å². The van der Waals surface area contributed by atoms with E-state index in [1.165, 1.54) is 0 Å². The molecule has 0 saturated carbocycles. The summed E-state index contributed by atoms with van der Waals surface area (Å²) in [6, 6.07) is 3.76. The van der Waals surface area contributed by atoms with Crippen molar-refractivity contribution in [1.29, 1.82) is 0 Å². The van der Waals surface area contributed by atoms with Crippen molar-refractivity contribution in [3.63, 3.8) is 0 Å². The second kappa shape index (κ2) is 5.54. The second-order valence-corrected chi connectivity index (χ2v) is 3.81. The van der Waals surface area contributed by atoms with Crippen molar-refractivity contribution in [3.8, 4) is 11.5 Å². The van der Waals surface area contributed by atoms with Gasteiger partial charge >= 0.3 is 0 Å². The lowest BCUT2D eigenvalue weighted by molar-refractivity contribution is -0.108. The Morgan fingerprint density at radius 1 is 1.25 bits per heavy atom. The van der Waals surface area contributed by atoms with Gasteiger partial charge in [-0.3, -0.25) is 0 Å². The average Bonchev–Trinajstić information content (AvgIpc) is 2.28. The van der Waals surface area contributed by atoms with Crippen LogP contribution in [0.15, 0.2) is 12.1 Å². The number of ether oxygens (including phenoxy) is 2. The number of hydrogen-bond donors (Lipinski definition) is 0. The molecule has 0 aliphatic rings. The summed E-state index contributed by atoms with van der Waals surface area (Å²) in [5.74, 6) is 1.78. The highest BCUT2D eigenvalue weighted by Gasteiger charge is 2.16. The molecule has 0 aliphatic heterocycles. The van der Waals surface area contributed by atoms with Gasteiger partial charge in [-0.05, 0) is 30.5 Å². The molecule has 3 heteroatoms. The summed E-state index contributed by atoms with van der Waals surface area (Å²) >= 11 is 0. The quantitative estimate of drug-likeness (QED) is 0.718. The molecule has 1 aromatic rings. The third-order valence-corrected chi connectivity index (χ3v) is 2.81. The van der Waals surface area contributed by atoms with Gasteiger partial charge in [0.15, 0.2) is 0 Å². The number of aldehydes is 1. The Morgan fingerprint density at radius 3 is 2.31 bits per heavy atom. The molecule has 3 nitrogen and oxygen atoms in total. The van der Waals surface area contributed by atoms with Gasteiger partial charge in [0.05, 0.1) is 14.2 Å². The van der Waals surface area contributed by atoms with E-state index in [0.717, 1.165) is 28.9 Å². The highest BCUT2D eigenvalue weighted by Crippen LogP contribution is 2.36. The van der Waals surface area contributed by atoms with Gasteiger partial charge in [0.2, 0.25) is 0 Å². The summed E-state index contributed by atoms with van der Waals surface area (Å²) in [4.78, 5) is 10.6. The van der Waals surface area contributed by atoms with Crippen molar-refractivity contribution in [3.05, 3.63) is 23.3 Å². The van der Waals surface area contributed by atoms with E-state index in [4.69, 9.17) is 9.47 Å². The van der Waals surface area contributed by atoms with Gasteiger partial charge in [0, 0.05) is 12.0 Å².